The highest BCUT2D eigenvalue weighted by Crippen LogP contribution is 2.40. The molecule has 206 valence electrons. The van der Waals surface area contributed by atoms with Crippen LogP contribution in [-0.4, -0.2) is 65.3 Å². The molecule has 2 unspecified atom stereocenters. The molecule has 6 heteroatoms. The van der Waals surface area contributed by atoms with E-state index in [0.717, 1.165) is 24.9 Å². The van der Waals surface area contributed by atoms with Gasteiger partial charge in [-0.3, -0.25) is 14.5 Å². The number of unbranched alkanes of at least 4 members (excludes halogenated alkanes) is 2. The van der Waals surface area contributed by atoms with Gasteiger partial charge in [-0.05, 0) is 78.9 Å². The van der Waals surface area contributed by atoms with Crippen LogP contribution in [0.1, 0.15) is 76.6 Å². The number of carbonyl (C=O) groups is 2. The van der Waals surface area contributed by atoms with Gasteiger partial charge in [-0.15, -0.1) is 11.3 Å². The van der Waals surface area contributed by atoms with E-state index < -0.39 is 0 Å². The molecule has 39 heavy (non-hydrogen) atoms. The fourth-order valence-corrected chi connectivity index (χ4v) is 7.01. The van der Waals surface area contributed by atoms with Gasteiger partial charge in [0.05, 0.1) is 12.1 Å². The van der Waals surface area contributed by atoms with E-state index in [9.17, 15) is 9.59 Å². The van der Waals surface area contributed by atoms with E-state index in [1.807, 2.05) is 33.3 Å². The summed E-state index contributed by atoms with van der Waals surface area (Å²) in [6.45, 7) is 9.61. The van der Waals surface area contributed by atoms with Crippen molar-refractivity contribution in [2.75, 3.05) is 32.7 Å². The molecule has 5 rings (SSSR count). The first kappa shape index (κ1) is 27.6. The maximum atomic E-state index is 13.8. The summed E-state index contributed by atoms with van der Waals surface area (Å²) < 4.78 is 0. The van der Waals surface area contributed by atoms with Crippen LogP contribution in [0.25, 0.3) is 0 Å². The number of fused-ring (bicyclic) bond motifs is 1. The van der Waals surface area contributed by atoms with Gasteiger partial charge in [0.1, 0.15) is 0 Å². The predicted molar refractivity (Wildman–Crippen MR) is 159 cm³/mol. The third kappa shape index (κ3) is 5.97. The maximum absolute atomic E-state index is 13.8. The average Bonchev–Trinajstić information content (AvgIpc) is 3.46. The highest BCUT2D eigenvalue weighted by molar-refractivity contribution is 7.10. The maximum Gasteiger partial charge on any atom is 0.253 e. The van der Waals surface area contributed by atoms with Crippen molar-refractivity contribution in [1.29, 1.82) is 0 Å². The van der Waals surface area contributed by atoms with Gasteiger partial charge >= 0.3 is 0 Å². The number of hydrogen-bond acceptors (Lipinski definition) is 4. The average molecular weight is 544 g/mol. The lowest BCUT2D eigenvalue weighted by Crippen LogP contribution is -2.56. The van der Waals surface area contributed by atoms with Crippen molar-refractivity contribution in [3.8, 4) is 0 Å². The van der Waals surface area contributed by atoms with E-state index in [1.165, 1.54) is 46.4 Å². The molecule has 2 amide bonds. The van der Waals surface area contributed by atoms with Gasteiger partial charge in [0, 0.05) is 43.2 Å². The number of carbonyl (C=O) groups excluding carboxylic acids is 2. The van der Waals surface area contributed by atoms with Gasteiger partial charge in [-0.25, -0.2) is 0 Å². The zero-order chi connectivity index (χ0) is 27.4. The molecule has 0 N–H and O–H groups in total. The lowest BCUT2D eigenvalue weighted by Gasteiger charge is -2.43. The van der Waals surface area contributed by atoms with E-state index in [1.54, 1.807) is 0 Å². The normalized spacial score (nSPS) is 18.6. The molecule has 2 aliphatic rings. The minimum atomic E-state index is -0.231. The Balaban J connectivity index is 1.22. The zero-order valence-corrected chi connectivity index (χ0v) is 24.4. The topological polar surface area (TPSA) is 43.9 Å². The standard InChI is InChI=1S/C33H41N3O2S/c1-4-5-6-10-26-12-14-27(15-13-26)33(38)35-21-19-34(20-22-35)32(37)25(3)36-18-16-30-29(17-23-39-30)31(36)28-11-8-7-9-24(28)2/h7-9,11-15,17,23,25,31H,4-6,10,16,18-22H2,1-3H3. The minimum absolute atomic E-state index is 0.0656. The molecule has 5 nitrogen and oxygen atoms in total. The van der Waals surface area contributed by atoms with Crippen LogP contribution in [-0.2, 0) is 17.6 Å². The predicted octanol–water partition coefficient (Wildman–Crippen LogP) is 6.11. The fraction of sp³-hybridized carbons (Fsp3) is 0.455. The van der Waals surface area contributed by atoms with Crippen molar-refractivity contribution >= 4 is 23.2 Å². The molecule has 1 aromatic heterocycles. The first-order valence-corrected chi connectivity index (χ1v) is 15.4. The monoisotopic (exact) mass is 543 g/mol. The van der Waals surface area contributed by atoms with E-state index >= 15 is 0 Å². The molecular weight excluding hydrogens is 502 g/mol. The summed E-state index contributed by atoms with van der Waals surface area (Å²) in [6.07, 6.45) is 5.69. The Bertz CT molecular complexity index is 1280. The summed E-state index contributed by atoms with van der Waals surface area (Å²) in [7, 11) is 0. The largest absolute Gasteiger partial charge is 0.338 e. The number of amides is 2. The Hall–Kier alpha value is -2.96. The highest BCUT2D eigenvalue weighted by atomic mass is 32.1. The molecular formula is C33H41N3O2S. The summed E-state index contributed by atoms with van der Waals surface area (Å²) >= 11 is 1.83. The first-order chi connectivity index (χ1) is 19.0. The van der Waals surface area contributed by atoms with Crippen LogP contribution in [0, 0.1) is 6.92 Å². The molecule has 0 radical (unpaired) electrons. The Kier molecular flexibility index (Phi) is 8.83. The fourth-order valence-electron chi connectivity index (χ4n) is 6.10. The molecule has 2 aromatic carbocycles. The van der Waals surface area contributed by atoms with Gasteiger partial charge in [0.2, 0.25) is 5.91 Å². The molecule has 2 atom stereocenters. The van der Waals surface area contributed by atoms with Crippen LogP contribution in [0.15, 0.2) is 60.0 Å². The van der Waals surface area contributed by atoms with Crippen molar-refractivity contribution in [3.05, 3.63) is 92.7 Å². The first-order valence-electron chi connectivity index (χ1n) is 14.5. The third-order valence-corrected chi connectivity index (χ3v) is 9.49. The number of nitrogens with zero attached hydrogens (tertiary/aromatic N) is 3. The molecule has 2 aliphatic heterocycles. The Morgan fingerprint density at radius 2 is 1.62 bits per heavy atom. The van der Waals surface area contributed by atoms with Gasteiger partial charge in [0.15, 0.2) is 0 Å². The summed E-state index contributed by atoms with van der Waals surface area (Å²) in [5.41, 5.74) is 5.91. The van der Waals surface area contributed by atoms with Gasteiger partial charge in [-0.1, -0.05) is 56.2 Å². The quantitative estimate of drug-likeness (QED) is 0.322. The van der Waals surface area contributed by atoms with E-state index in [4.69, 9.17) is 0 Å². The Labute approximate surface area is 237 Å². The van der Waals surface area contributed by atoms with Crippen LogP contribution >= 0.6 is 11.3 Å². The molecule has 0 spiro atoms. The molecule has 1 saturated heterocycles. The van der Waals surface area contributed by atoms with Crippen molar-refractivity contribution in [2.45, 2.75) is 65.0 Å². The summed E-state index contributed by atoms with van der Waals surface area (Å²) in [5, 5.41) is 2.18. The lowest BCUT2D eigenvalue weighted by atomic mass is 9.89. The number of rotatable bonds is 8. The molecule has 3 aromatic rings. The number of hydrogen-bond donors (Lipinski definition) is 0. The molecule has 0 saturated carbocycles. The van der Waals surface area contributed by atoms with Crippen molar-refractivity contribution in [3.63, 3.8) is 0 Å². The third-order valence-electron chi connectivity index (χ3n) is 8.49. The molecule has 1 fully saturated rings. The number of benzene rings is 2. The highest BCUT2D eigenvalue weighted by Gasteiger charge is 2.38. The Morgan fingerprint density at radius 1 is 0.897 bits per heavy atom. The van der Waals surface area contributed by atoms with Crippen LogP contribution in [0.4, 0.5) is 0 Å². The second-order valence-electron chi connectivity index (χ2n) is 11.0. The van der Waals surface area contributed by atoms with Crippen LogP contribution in [0.2, 0.25) is 0 Å². The van der Waals surface area contributed by atoms with Crippen LogP contribution in [0.3, 0.4) is 0 Å². The lowest BCUT2D eigenvalue weighted by molar-refractivity contribution is -0.138. The van der Waals surface area contributed by atoms with Crippen molar-refractivity contribution in [1.82, 2.24) is 14.7 Å². The SMILES string of the molecule is CCCCCc1ccc(C(=O)N2CCN(C(=O)C(C)N3CCc4sccc4C3c3ccccc3C)CC2)cc1. The summed E-state index contributed by atoms with van der Waals surface area (Å²) in [6, 6.07) is 18.8. The second kappa shape index (κ2) is 12.5. The smallest absolute Gasteiger partial charge is 0.253 e. The summed E-state index contributed by atoms with van der Waals surface area (Å²) in [5.74, 6) is 0.228. The van der Waals surface area contributed by atoms with Crippen LogP contribution < -0.4 is 0 Å². The van der Waals surface area contributed by atoms with E-state index in [0.29, 0.717) is 26.2 Å². The van der Waals surface area contributed by atoms with Gasteiger partial charge in [-0.2, -0.15) is 0 Å². The van der Waals surface area contributed by atoms with E-state index in [2.05, 4.69) is 73.5 Å². The number of thiophene rings is 1. The van der Waals surface area contributed by atoms with Crippen molar-refractivity contribution in [2.24, 2.45) is 0 Å². The minimum Gasteiger partial charge on any atom is -0.338 e. The molecule has 0 aliphatic carbocycles. The molecule has 3 heterocycles. The summed E-state index contributed by atoms with van der Waals surface area (Å²) in [4.78, 5) is 34.6. The van der Waals surface area contributed by atoms with Gasteiger partial charge in [0.25, 0.3) is 5.91 Å². The van der Waals surface area contributed by atoms with E-state index in [-0.39, 0.29) is 23.9 Å². The van der Waals surface area contributed by atoms with Crippen molar-refractivity contribution < 1.29 is 9.59 Å². The number of aryl methyl sites for hydroxylation is 2. The second-order valence-corrected chi connectivity index (χ2v) is 12.0. The molecule has 0 bridgehead atoms. The number of piperazine rings is 1. The van der Waals surface area contributed by atoms with Gasteiger partial charge < -0.3 is 9.80 Å². The Morgan fingerprint density at radius 3 is 2.33 bits per heavy atom. The zero-order valence-electron chi connectivity index (χ0n) is 23.6. The van der Waals surface area contributed by atoms with Crippen LogP contribution in [0.5, 0.6) is 0 Å².